The zero-order chi connectivity index (χ0) is 20.5. The predicted molar refractivity (Wildman–Crippen MR) is 123 cm³/mol. The summed E-state index contributed by atoms with van der Waals surface area (Å²) in [5, 5.41) is 1.71. The van der Waals surface area contributed by atoms with E-state index in [0.29, 0.717) is 11.6 Å². The van der Waals surface area contributed by atoms with E-state index in [1.165, 1.54) is 0 Å². The number of ether oxygens (including phenoxy) is 1. The fourth-order valence-corrected chi connectivity index (χ4v) is 4.01. The average molecular weight is 416 g/mol. The Bertz CT molecular complexity index is 1360. The molecule has 0 saturated heterocycles. The van der Waals surface area contributed by atoms with Gasteiger partial charge in [-0.25, -0.2) is 9.97 Å². The van der Waals surface area contributed by atoms with Gasteiger partial charge < -0.3 is 9.30 Å². The maximum absolute atomic E-state index is 6.33. The summed E-state index contributed by atoms with van der Waals surface area (Å²) in [5.41, 5.74) is 5.68. The first-order valence-electron chi connectivity index (χ1n) is 10.3. The Balaban J connectivity index is 1.69. The van der Waals surface area contributed by atoms with Gasteiger partial charge in [-0.15, -0.1) is 0 Å². The lowest BCUT2D eigenvalue weighted by Gasteiger charge is -2.13. The number of para-hydroxylation sites is 3. The molecule has 0 amide bonds. The molecule has 0 bridgehead atoms. The van der Waals surface area contributed by atoms with Gasteiger partial charge in [0.2, 0.25) is 0 Å². The van der Waals surface area contributed by atoms with Crippen LogP contribution < -0.4 is 4.74 Å². The van der Waals surface area contributed by atoms with Crippen LogP contribution in [0.3, 0.4) is 0 Å². The van der Waals surface area contributed by atoms with Crippen molar-refractivity contribution in [1.29, 1.82) is 0 Å². The third kappa shape index (κ3) is 3.37. The van der Waals surface area contributed by atoms with Crippen LogP contribution in [0.4, 0.5) is 0 Å². The number of rotatable bonds is 6. The molecule has 0 aliphatic heterocycles. The molecule has 0 spiro atoms. The van der Waals surface area contributed by atoms with Gasteiger partial charge in [0.05, 0.1) is 29.7 Å². The lowest BCUT2D eigenvalue weighted by Crippen LogP contribution is -2.05. The largest absolute Gasteiger partial charge is 0.493 e. The minimum Gasteiger partial charge on any atom is -0.493 e. The van der Waals surface area contributed by atoms with Crippen molar-refractivity contribution in [2.45, 2.75) is 26.3 Å². The van der Waals surface area contributed by atoms with E-state index in [1.54, 1.807) is 0 Å². The first-order chi connectivity index (χ1) is 14.7. The van der Waals surface area contributed by atoms with E-state index in [4.69, 9.17) is 26.3 Å². The van der Waals surface area contributed by atoms with Crippen molar-refractivity contribution >= 4 is 44.7 Å². The first kappa shape index (κ1) is 18.9. The second-order valence-corrected chi connectivity index (χ2v) is 7.88. The number of nitrogens with zero attached hydrogens (tertiary/aromatic N) is 3. The monoisotopic (exact) mass is 415 g/mol. The standard InChI is InChI=1S/C25H22ClN3O/c1-2-3-14-30-23-11-7-4-8-17(23)16-29-22-13-12-18(26)15-19(22)24-25(29)28-21-10-6-5-9-20(21)27-24/h4-13,15H,2-3,14,16H2,1H3. The molecule has 4 nitrogen and oxygen atoms in total. The van der Waals surface area contributed by atoms with Gasteiger partial charge in [-0.1, -0.05) is 55.3 Å². The molecule has 0 atom stereocenters. The van der Waals surface area contributed by atoms with Crippen LogP contribution in [0, 0.1) is 0 Å². The third-order valence-electron chi connectivity index (χ3n) is 5.37. The van der Waals surface area contributed by atoms with E-state index in [-0.39, 0.29) is 0 Å². The molecule has 0 aliphatic rings. The summed E-state index contributed by atoms with van der Waals surface area (Å²) in [6.07, 6.45) is 2.15. The Kier molecular flexibility index (Phi) is 5.01. The van der Waals surface area contributed by atoms with Gasteiger partial charge in [0.1, 0.15) is 11.3 Å². The third-order valence-corrected chi connectivity index (χ3v) is 5.60. The van der Waals surface area contributed by atoms with E-state index in [9.17, 15) is 0 Å². The zero-order valence-corrected chi connectivity index (χ0v) is 17.6. The molecular weight excluding hydrogens is 394 g/mol. The average Bonchev–Trinajstić information content (AvgIpc) is 3.05. The molecular formula is C25H22ClN3O. The smallest absolute Gasteiger partial charge is 0.160 e. The molecule has 0 saturated carbocycles. The van der Waals surface area contributed by atoms with Crippen molar-refractivity contribution < 1.29 is 4.74 Å². The number of hydrogen-bond acceptors (Lipinski definition) is 3. The molecule has 0 radical (unpaired) electrons. The molecule has 30 heavy (non-hydrogen) atoms. The van der Waals surface area contributed by atoms with Gasteiger partial charge >= 0.3 is 0 Å². The van der Waals surface area contributed by atoms with E-state index < -0.39 is 0 Å². The number of hydrogen-bond donors (Lipinski definition) is 0. The highest BCUT2D eigenvalue weighted by Gasteiger charge is 2.16. The molecule has 3 aromatic carbocycles. The molecule has 0 fully saturated rings. The number of benzene rings is 3. The highest BCUT2D eigenvalue weighted by atomic mass is 35.5. The summed E-state index contributed by atoms with van der Waals surface area (Å²) >= 11 is 6.33. The number of unbranched alkanes of at least 4 members (excludes halogenated alkanes) is 1. The van der Waals surface area contributed by atoms with Crippen LogP contribution in [0.25, 0.3) is 33.1 Å². The minimum atomic E-state index is 0.650. The van der Waals surface area contributed by atoms with Crippen molar-refractivity contribution in [3.05, 3.63) is 77.3 Å². The highest BCUT2D eigenvalue weighted by Crippen LogP contribution is 2.32. The van der Waals surface area contributed by atoms with Crippen LogP contribution in [-0.4, -0.2) is 21.1 Å². The van der Waals surface area contributed by atoms with E-state index in [2.05, 4.69) is 17.6 Å². The summed E-state index contributed by atoms with van der Waals surface area (Å²) in [6, 6.07) is 22.1. The van der Waals surface area contributed by atoms with Gasteiger partial charge in [-0.2, -0.15) is 0 Å². The van der Waals surface area contributed by atoms with Crippen LogP contribution in [0.5, 0.6) is 5.75 Å². The SMILES string of the molecule is CCCCOc1ccccc1Cn1c2ccc(Cl)cc2c2nc3ccccc3nc21. The summed E-state index contributed by atoms with van der Waals surface area (Å²) < 4.78 is 8.28. The highest BCUT2D eigenvalue weighted by molar-refractivity contribution is 6.31. The van der Waals surface area contributed by atoms with Gasteiger partial charge in [0, 0.05) is 16.0 Å². The van der Waals surface area contributed by atoms with Crippen LogP contribution in [-0.2, 0) is 6.54 Å². The van der Waals surface area contributed by atoms with Crippen LogP contribution in [0.1, 0.15) is 25.3 Å². The molecule has 0 unspecified atom stereocenters. The lowest BCUT2D eigenvalue weighted by atomic mass is 10.2. The second-order valence-electron chi connectivity index (χ2n) is 7.44. The first-order valence-corrected chi connectivity index (χ1v) is 10.7. The molecule has 2 aromatic heterocycles. The maximum Gasteiger partial charge on any atom is 0.160 e. The van der Waals surface area contributed by atoms with Crippen molar-refractivity contribution in [2.75, 3.05) is 6.61 Å². The Morgan fingerprint density at radius 2 is 1.70 bits per heavy atom. The van der Waals surface area contributed by atoms with Crippen LogP contribution in [0.2, 0.25) is 5.02 Å². The Morgan fingerprint density at radius 1 is 0.933 bits per heavy atom. The van der Waals surface area contributed by atoms with Gasteiger partial charge in [-0.05, 0) is 42.8 Å². The zero-order valence-electron chi connectivity index (χ0n) is 16.8. The van der Waals surface area contributed by atoms with E-state index in [0.717, 1.165) is 63.9 Å². The van der Waals surface area contributed by atoms with Crippen molar-refractivity contribution in [1.82, 2.24) is 14.5 Å². The fraction of sp³-hybridized carbons (Fsp3) is 0.200. The van der Waals surface area contributed by atoms with Gasteiger partial charge in [-0.3, -0.25) is 0 Å². The maximum atomic E-state index is 6.33. The van der Waals surface area contributed by atoms with Crippen molar-refractivity contribution in [3.63, 3.8) is 0 Å². The predicted octanol–water partition coefficient (Wildman–Crippen LogP) is 6.62. The molecule has 2 heterocycles. The summed E-state index contributed by atoms with van der Waals surface area (Å²) in [5.74, 6) is 0.920. The van der Waals surface area contributed by atoms with Crippen LogP contribution in [0.15, 0.2) is 66.7 Å². The topological polar surface area (TPSA) is 39.9 Å². The summed E-state index contributed by atoms with van der Waals surface area (Å²) in [7, 11) is 0. The Morgan fingerprint density at radius 3 is 2.53 bits per heavy atom. The van der Waals surface area contributed by atoms with Gasteiger partial charge in [0.15, 0.2) is 5.65 Å². The number of halogens is 1. The minimum absolute atomic E-state index is 0.650. The molecule has 0 N–H and O–H groups in total. The van der Waals surface area contributed by atoms with E-state index >= 15 is 0 Å². The Labute approximate surface area is 180 Å². The van der Waals surface area contributed by atoms with Crippen molar-refractivity contribution in [3.8, 4) is 5.75 Å². The van der Waals surface area contributed by atoms with E-state index in [1.807, 2.05) is 60.7 Å². The summed E-state index contributed by atoms with van der Waals surface area (Å²) in [6.45, 7) is 3.54. The molecule has 5 aromatic rings. The number of fused-ring (bicyclic) bond motifs is 4. The summed E-state index contributed by atoms with van der Waals surface area (Å²) in [4.78, 5) is 9.88. The fourth-order valence-electron chi connectivity index (χ4n) is 3.84. The number of aromatic nitrogens is 3. The lowest BCUT2D eigenvalue weighted by molar-refractivity contribution is 0.306. The normalized spacial score (nSPS) is 11.5. The van der Waals surface area contributed by atoms with Gasteiger partial charge in [0.25, 0.3) is 0 Å². The van der Waals surface area contributed by atoms with Crippen LogP contribution >= 0.6 is 11.6 Å². The quantitative estimate of drug-likeness (QED) is 0.292. The molecule has 5 heteroatoms. The van der Waals surface area contributed by atoms with Crippen molar-refractivity contribution in [2.24, 2.45) is 0 Å². The second kappa shape index (κ2) is 7.96. The Hall–Kier alpha value is -3.11. The molecule has 150 valence electrons. The molecule has 5 rings (SSSR count). The molecule has 0 aliphatic carbocycles.